The van der Waals surface area contributed by atoms with Gasteiger partial charge in [0.25, 0.3) is 5.91 Å². The van der Waals surface area contributed by atoms with Crippen molar-refractivity contribution in [3.63, 3.8) is 0 Å². The summed E-state index contributed by atoms with van der Waals surface area (Å²) in [5.41, 5.74) is 4.13. The molecule has 0 unspecified atom stereocenters. The third kappa shape index (κ3) is 3.94. The quantitative estimate of drug-likeness (QED) is 0.658. The van der Waals surface area contributed by atoms with Gasteiger partial charge in [0, 0.05) is 18.0 Å². The zero-order chi connectivity index (χ0) is 21.1. The van der Waals surface area contributed by atoms with Gasteiger partial charge in [-0.25, -0.2) is 4.98 Å². The van der Waals surface area contributed by atoms with Crippen molar-refractivity contribution in [2.45, 2.75) is 20.8 Å². The first-order valence-corrected chi connectivity index (χ1v) is 10.1. The molecule has 0 bridgehead atoms. The van der Waals surface area contributed by atoms with Gasteiger partial charge in [-0.15, -0.1) is 0 Å². The maximum absolute atomic E-state index is 13.1. The van der Waals surface area contributed by atoms with Crippen LogP contribution in [-0.2, 0) is 0 Å². The summed E-state index contributed by atoms with van der Waals surface area (Å²) in [6, 6.07) is 15.3. The van der Waals surface area contributed by atoms with Crippen LogP contribution < -0.4 is 19.7 Å². The monoisotopic (exact) mass is 403 g/mol. The lowest BCUT2D eigenvalue weighted by Gasteiger charge is -2.31. The number of aryl methyl sites for hydroxylation is 2. The first-order valence-electron chi connectivity index (χ1n) is 10.1. The highest BCUT2D eigenvalue weighted by molar-refractivity contribution is 6.07. The number of hydrogen-bond acceptors (Lipinski definition) is 5. The molecule has 1 aromatic heterocycles. The molecular formula is C24H25N3O3. The van der Waals surface area contributed by atoms with E-state index in [9.17, 15) is 4.79 Å². The molecule has 2 heterocycles. The number of benzene rings is 2. The lowest BCUT2D eigenvalue weighted by Crippen LogP contribution is -2.30. The molecule has 1 aliphatic heterocycles. The predicted molar refractivity (Wildman–Crippen MR) is 118 cm³/mol. The first kappa shape index (κ1) is 19.8. The fourth-order valence-corrected chi connectivity index (χ4v) is 3.47. The van der Waals surface area contributed by atoms with Gasteiger partial charge in [-0.1, -0.05) is 18.2 Å². The summed E-state index contributed by atoms with van der Waals surface area (Å²) in [6.45, 7) is 7.64. The molecule has 4 rings (SSSR count). The molecule has 30 heavy (non-hydrogen) atoms. The maximum Gasteiger partial charge on any atom is 0.259 e. The summed E-state index contributed by atoms with van der Waals surface area (Å²) in [7, 11) is 0. The van der Waals surface area contributed by atoms with E-state index in [4.69, 9.17) is 9.47 Å². The molecule has 1 N–H and O–H groups in total. The largest absolute Gasteiger partial charge is 0.494 e. The average Bonchev–Trinajstić information content (AvgIpc) is 2.76. The molecule has 6 nitrogen and oxygen atoms in total. The number of rotatable bonds is 5. The number of fused-ring (bicyclic) bond motifs is 1. The minimum Gasteiger partial charge on any atom is -0.494 e. The summed E-state index contributed by atoms with van der Waals surface area (Å²) in [5.74, 6) is 1.94. The maximum atomic E-state index is 13.1. The Morgan fingerprint density at radius 3 is 2.83 bits per heavy atom. The number of nitrogens with one attached hydrogen (secondary N) is 1. The number of pyridine rings is 1. The second-order valence-corrected chi connectivity index (χ2v) is 7.22. The van der Waals surface area contributed by atoms with Crippen LogP contribution in [0.3, 0.4) is 0 Å². The minimum absolute atomic E-state index is 0.225. The Hall–Kier alpha value is -3.54. The highest BCUT2D eigenvalue weighted by Crippen LogP contribution is 2.38. The molecule has 0 saturated heterocycles. The minimum atomic E-state index is -0.225. The molecule has 0 atom stereocenters. The van der Waals surface area contributed by atoms with Crippen molar-refractivity contribution >= 4 is 23.1 Å². The van der Waals surface area contributed by atoms with E-state index in [1.807, 2.05) is 69.4 Å². The number of carbonyl (C=O) groups is 1. The van der Waals surface area contributed by atoms with Gasteiger partial charge >= 0.3 is 0 Å². The van der Waals surface area contributed by atoms with E-state index >= 15 is 0 Å². The van der Waals surface area contributed by atoms with Crippen molar-refractivity contribution < 1.29 is 14.3 Å². The SMILES string of the molecule is CCOc1cc(NC(=O)c2cccc3c2OCCN3c2ccc(C)cn2)ccc1C. The summed E-state index contributed by atoms with van der Waals surface area (Å²) in [4.78, 5) is 19.7. The molecule has 1 aliphatic rings. The Morgan fingerprint density at radius 1 is 1.20 bits per heavy atom. The van der Waals surface area contributed by atoms with Gasteiger partial charge in [-0.05, 0) is 56.2 Å². The zero-order valence-electron chi connectivity index (χ0n) is 17.4. The van der Waals surface area contributed by atoms with Gasteiger partial charge in [-0.3, -0.25) is 4.79 Å². The van der Waals surface area contributed by atoms with Crippen LogP contribution in [0.2, 0.25) is 0 Å². The number of anilines is 3. The number of hydrogen-bond donors (Lipinski definition) is 1. The molecule has 6 heteroatoms. The van der Waals surface area contributed by atoms with Crippen LogP contribution in [0.4, 0.5) is 17.2 Å². The highest BCUT2D eigenvalue weighted by Gasteiger charge is 2.25. The van der Waals surface area contributed by atoms with Crippen molar-refractivity contribution in [2.24, 2.45) is 0 Å². The standard InChI is InChI=1S/C24H25N3O3/c1-4-29-21-14-18(10-9-17(21)3)26-24(28)19-6-5-7-20-23(19)30-13-12-27(20)22-11-8-16(2)15-25-22/h5-11,14-15H,4,12-13H2,1-3H3,(H,26,28). The average molecular weight is 403 g/mol. The van der Waals surface area contributed by atoms with Crippen LogP contribution in [0.1, 0.15) is 28.4 Å². The van der Waals surface area contributed by atoms with Gasteiger partial charge in [0.05, 0.1) is 24.4 Å². The van der Waals surface area contributed by atoms with Crippen LogP contribution >= 0.6 is 0 Å². The zero-order valence-corrected chi connectivity index (χ0v) is 17.4. The second-order valence-electron chi connectivity index (χ2n) is 7.22. The Morgan fingerprint density at radius 2 is 2.07 bits per heavy atom. The van der Waals surface area contributed by atoms with Gasteiger partial charge < -0.3 is 19.7 Å². The molecule has 0 fully saturated rings. The Labute approximate surface area is 176 Å². The van der Waals surface area contributed by atoms with E-state index in [0.29, 0.717) is 36.8 Å². The fraction of sp³-hybridized carbons (Fsp3) is 0.250. The van der Waals surface area contributed by atoms with E-state index < -0.39 is 0 Å². The van der Waals surface area contributed by atoms with Crippen molar-refractivity contribution in [1.82, 2.24) is 4.98 Å². The lowest BCUT2D eigenvalue weighted by atomic mass is 10.1. The number of amides is 1. The number of nitrogens with zero attached hydrogens (tertiary/aromatic N) is 2. The van der Waals surface area contributed by atoms with Gasteiger partial charge in [0.15, 0.2) is 5.75 Å². The molecule has 0 aliphatic carbocycles. The van der Waals surface area contributed by atoms with Crippen molar-refractivity contribution in [1.29, 1.82) is 0 Å². The summed E-state index contributed by atoms with van der Waals surface area (Å²) >= 11 is 0. The van der Waals surface area contributed by atoms with E-state index in [2.05, 4.69) is 15.2 Å². The summed E-state index contributed by atoms with van der Waals surface area (Å²) in [6.07, 6.45) is 1.84. The normalized spacial score (nSPS) is 12.7. The summed E-state index contributed by atoms with van der Waals surface area (Å²) in [5, 5.41) is 2.96. The number of carbonyl (C=O) groups excluding carboxylic acids is 1. The smallest absolute Gasteiger partial charge is 0.259 e. The lowest BCUT2D eigenvalue weighted by molar-refractivity contribution is 0.102. The van der Waals surface area contributed by atoms with Crippen LogP contribution in [0, 0.1) is 13.8 Å². The molecular weight excluding hydrogens is 378 g/mol. The van der Waals surface area contributed by atoms with Gasteiger partial charge in [-0.2, -0.15) is 0 Å². The van der Waals surface area contributed by atoms with E-state index in [1.165, 1.54) is 0 Å². The van der Waals surface area contributed by atoms with Crippen molar-refractivity contribution in [3.05, 3.63) is 71.4 Å². The van der Waals surface area contributed by atoms with Gasteiger partial charge in [0.1, 0.15) is 18.2 Å². The van der Waals surface area contributed by atoms with Crippen LogP contribution in [0.25, 0.3) is 0 Å². The Balaban J connectivity index is 1.63. The first-order chi connectivity index (χ1) is 14.6. The number of para-hydroxylation sites is 1. The Kier molecular flexibility index (Phi) is 5.57. The fourth-order valence-electron chi connectivity index (χ4n) is 3.47. The number of ether oxygens (including phenoxy) is 2. The van der Waals surface area contributed by atoms with Crippen LogP contribution in [-0.4, -0.2) is 30.6 Å². The molecule has 1 amide bonds. The summed E-state index contributed by atoms with van der Waals surface area (Å²) < 4.78 is 11.6. The predicted octanol–water partition coefficient (Wildman–Crippen LogP) is 4.88. The van der Waals surface area contributed by atoms with E-state index in [1.54, 1.807) is 6.07 Å². The highest BCUT2D eigenvalue weighted by atomic mass is 16.5. The molecule has 3 aromatic rings. The van der Waals surface area contributed by atoms with Crippen LogP contribution in [0.5, 0.6) is 11.5 Å². The van der Waals surface area contributed by atoms with Crippen molar-refractivity contribution in [3.8, 4) is 11.5 Å². The number of aromatic nitrogens is 1. The molecule has 0 spiro atoms. The molecule has 0 saturated carbocycles. The van der Waals surface area contributed by atoms with Crippen LogP contribution in [0.15, 0.2) is 54.7 Å². The van der Waals surface area contributed by atoms with Crippen molar-refractivity contribution in [2.75, 3.05) is 30.0 Å². The Bertz CT molecular complexity index is 1060. The third-order valence-electron chi connectivity index (χ3n) is 5.01. The third-order valence-corrected chi connectivity index (χ3v) is 5.01. The molecule has 0 radical (unpaired) electrons. The molecule has 2 aromatic carbocycles. The van der Waals surface area contributed by atoms with Gasteiger partial charge in [0.2, 0.25) is 0 Å². The van der Waals surface area contributed by atoms with E-state index in [-0.39, 0.29) is 5.91 Å². The molecule has 154 valence electrons. The van der Waals surface area contributed by atoms with E-state index in [0.717, 1.165) is 28.4 Å². The second kappa shape index (κ2) is 8.45. The topological polar surface area (TPSA) is 63.7 Å².